The van der Waals surface area contributed by atoms with Gasteiger partial charge in [0.05, 0.1) is 17.5 Å². The van der Waals surface area contributed by atoms with Gasteiger partial charge < -0.3 is 23.7 Å². The van der Waals surface area contributed by atoms with Gasteiger partial charge in [0.25, 0.3) is 5.56 Å². The zero-order chi connectivity index (χ0) is 34.2. The van der Waals surface area contributed by atoms with E-state index in [4.69, 9.17) is 18.5 Å². The van der Waals surface area contributed by atoms with Crippen molar-refractivity contribution < 1.29 is 37.4 Å². The number of benzene rings is 3. The molecule has 1 fully saturated rings. The molecule has 0 saturated carbocycles. The van der Waals surface area contributed by atoms with Gasteiger partial charge in [-0.25, -0.2) is 13.8 Å². The smallest absolute Gasteiger partial charge is 0.459 e. The van der Waals surface area contributed by atoms with Crippen molar-refractivity contribution in [2.75, 3.05) is 6.61 Å². The predicted octanol–water partition coefficient (Wildman–Crippen LogP) is 4.09. The van der Waals surface area contributed by atoms with E-state index in [9.17, 15) is 24.1 Å². The number of halogens is 1. The first-order valence-electron chi connectivity index (χ1n) is 15.1. The molecule has 2 aromatic heterocycles. The molecule has 0 bridgehead atoms. The molecule has 0 amide bonds. The van der Waals surface area contributed by atoms with E-state index in [0.29, 0.717) is 5.39 Å². The minimum absolute atomic E-state index is 0.0320. The molecule has 1 aliphatic heterocycles. The summed E-state index contributed by atoms with van der Waals surface area (Å²) in [4.78, 5) is 39.0. The van der Waals surface area contributed by atoms with Crippen molar-refractivity contribution in [1.82, 2.24) is 19.2 Å². The molecule has 48 heavy (non-hydrogen) atoms. The topological polar surface area (TPSA) is 163 Å². The summed E-state index contributed by atoms with van der Waals surface area (Å²) in [7, 11) is -2.66. The van der Waals surface area contributed by atoms with Crippen LogP contribution in [0.1, 0.15) is 25.6 Å². The molecular formula is C33H34FN4O9P. The van der Waals surface area contributed by atoms with Gasteiger partial charge in [-0.15, -0.1) is 0 Å². The summed E-state index contributed by atoms with van der Waals surface area (Å²) in [6.07, 6.45) is -3.92. The fraction of sp³-hybridized carbons (Fsp3) is 0.303. The number of aliphatic hydroxyl groups is 1. The molecule has 3 heterocycles. The second-order valence-corrected chi connectivity index (χ2v) is 13.4. The molecule has 0 radical (unpaired) electrons. The first-order chi connectivity index (χ1) is 22.9. The van der Waals surface area contributed by atoms with Crippen LogP contribution in [0.25, 0.3) is 21.8 Å². The van der Waals surface area contributed by atoms with Crippen LogP contribution in [0.4, 0.5) is 4.39 Å². The van der Waals surface area contributed by atoms with Gasteiger partial charge in [-0.3, -0.25) is 23.7 Å². The van der Waals surface area contributed by atoms with Gasteiger partial charge in [0.1, 0.15) is 30.6 Å². The number of esters is 1. The lowest BCUT2D eigenvalue weighted by molar-refractivity contribution is -0.146. The molecule has 6 rings (SSSR count). The average Bonchev–Trinajstić information content (AvgIpc) is 3.48. The number of aromatic nitrogens is 3. The Labute approximate surface area is 273 Å². The number of nitrogens with one attached hydrogen (secondary N) is 2. The number of H-pyrrole nitrogens is 1. The van der Waals surface area contributed by atoms with E-state index in [-0.39, 0.29) is 12.4 Å². The highest BCUT2D eigenvalue weighted by Gasteiger charge is 2.56. The highest BCUT2D eigenvalue weighted by Crippen LogP contribution is 2.50. The van der Waals surface area contributed by atoms with E-state index in [1.807, 2.05) is 53.0 Å². The molecule has 252 valence electrons. The van der Waals surface area contributed by atoms with Crippen LogP contribution in [-0.2, 0) is 37.0 Å². The zero-order valence-electron chi connectivity index (χ0n) is 26.2. The van der Waals surface area contributed by atoms with Crippen molar-refractivity contribution in [3.05, 3.63) is 111 Å². The van der Waals surface area contributed by atoms with Crippen LogP contribution < -0.4 is 20.9 Å². The summed E-state index contributed by atoms with van der Waals surface area (Å²) in [6.45, 7) is 1.73. The highest BCUT2D eigenvalue weighted by molar-refractivity contribution is 7.52. The molecule has 13 nitrogen and oxygen atoms in total. The molecule has 5 aromatic rings. The molecular weight excluding hydrogens is 646 g/mol. The van der Waals surface area contributed by atoms with E-state index in [1.165, 1.54) is 6.92 Å². The standard InChI is InChI=1S/C33H34FN4O9P/c1-20(30(41)44-18-21-10-5-4-6-11-21)36-48(43,47-25-15-9-14-24-28(25)22-12-7-8-13-23(22)37(24)3)45-19-26-29(40)33(2,34)31(46-26)38-17-16-27(39)35-32(38)42/h4-17,20,26,29,31,40H,18-19H2,1-3H3,(H,36,43)(H,35,39,42)/t20-,26+,29+,31+,33+,48?/m0/s1. The van der Waals surface area contributed by atoms with Crippen LogP contribution in [0.15, 0.2) is 94.6 Å². The summed E-state index contributed by atoms with van der Waals surface area (Å²) >= 11 is 0. The van der Waals surface area contributed by atoms with Crippen molar-refractivity contribution in [2.45, 2.75) is 50.6 Å². The third kappa shape index (κ3) is 6.45. The normalized spacial score (nSPS) is 22.8. The molecule has 0 spiro atoms. The molecule has 1 saturated heterocycles. The predicted molar refractivity (Wildman–Crippen MR) is 174 cm³/mol. The van der Waals surface area contributed by atoms with Crippen LogP contribution >= 0.6 is 7.75 Å². The van der Waals surface area contributed by atoms with Crippen LogP contribution in [0.5, 0.6) is 5.75 Å². The fourth-order valence-corrected chi connectivity index (χ4v) is 7.26. The van der Waals surface area contributed by atoms with Crippen molar-refractivity contribution in [3.8, 4) is 5.75 Å². The Morgan fingerprint density at radius 1 is 1.08 bits per heavy atom. The number of hydrogen-bond acceptors (Lipinski definition) is 9. The van der Waals surface area contributed by atoms with Gasteiger partial charge in [0.15, 0.2) is 11.9 Å². The summed E-state index contributed by atoms with van der Waals surface area (Å²) in [6, 6.07) is 21.5. The van der Waals surface area contributed by atoms with Crippen LogP contribution in [0, 0.1) is 0 Å². The maximum Gasteiger partial charge on any atom is 0.459 e. The lowest BCUT2D eigenvalue weighted by Crippen LogP contribution is -2.43. The Morgan fingerprint density at radius 3 is 2.54 bits per heavy atom. The quantitative estimate of drug-likeness (QED) is 0.137. The number of alkyl halides is 1. The lowest BCUT2D eigenvalue weighted by atomic mass is 9.98. The number of carbonyl (C=O) groups excluding carboxylic acids is 1. The molecule has 6 atom stereocenters. The maximum absolute atomic E-state index is 15.9. The summed E-state index contributed by atoms with van der Waals surface area (Å²) in [5.41, 5.74) is -1.78. The number of para-hydroxylation sites is 1. The minimum Gasteiger partial charge on any atom is -0.460 e. The van der Waals surface area contributed by atoms with E-state index < -0.39 is 61.7 Å². The van der Waals surface area contributed by atoms with Crippen LogP contribution in [0.2, 0.25) is 0 Å². The molecule has 3 aromatic carbocycles. The molecule has 0 aliphatic carbocycles. The Hall–Kier alpha value is -4.59. The number of nitrogens with zero attached hydrogens (tertiary/aromatic N) is 2. The Kier molecular flexibility index (Phi) is 9.12. The number of aryl methyl sites for hydroxylation is 1. The van der Waals surface area contributed by atoms with Crippen molar-refractivity contribution >= 4 is 35.5 Å². The van der Waals surface area contributed by atoms with Crippen molar-refractivity contribution in [1.29, 1.82) is 0 Å². The number of carbonyl (C=O) groups is 1. The van der Waals surface area contributed by atoms with Gasteiger partial charge in [0.2, 0.25) is 0 Å². The Bertz CT molecular complexity index is 2130. The zero-order valence-corrected chi connectivity index (χ0v) is 27.1. The van der Waals surface area contributed by atoms with Crippen LogP contribution in [-0.4, -0.2) is 55.7 Å². The van der Waals surface area contributed by atoms with Gasteiger partial charge in [-0.2, -0.15) is 5.09 Å². The van der Waals surface area contributed by atoms with E-state index in [1.54, 1.807) is 36.4 Å². The van der Waals surface area contributed by atoms with E-state index >= 15 is 4.39 Å². The largest absolute Gasteiger partial charge is 0.460 e. The summed E-state index contributed by atoms with van der Waals surface area (Å²) < 4.78 is 56.1. The molecule has 1 aliphatic rings. The first kappa shape index (κ1) is 33.3. The molecule has 3 N–H and O–H groups in total. The van der Waals surface area contributed by atoms with Gasteiger partial charge in [-0.1, -0.05) is 54.6 Å². The monoisotopic (exact) mass is 680 g/mol. The number of aliphatic hydroxyl groups excluding tert-OH is 1. The summed E-state index contributed by atoms with van der Waals surface area (Å²) in [5.74, 6) is -0.577. The number of ether oxygens (including phenoxy) is 2. The second kappa shape index (κ2) is 13.1. The number of fused-ring (bicyclic) bond motifs is 3. The average molecular weight is 681 g/mol. The molecule has 1 unspecified atom stereocenters. The summed E-state index contributed by atoms with van der Waals surface area (Å²) in [5, 5.41) is 15.0. The van der Waals surface area contributed by atoms with Crippen molar-refractivity contribution in [3.63, 3.8) is 0 Å². The van der Waals surface area contributed by atoms with Crippen molar-refractivity contribution in [2.24, 2.45) is 7.05 Å². The third-order valence-electron chi connectivity index (χ3n) is 8.28. The number of hydrogen-bond donors (Lipinski definition) is 3. The van der Waals surface area contributed by atoms with Gasteiger partial charge in [0, 0.05) is 30.2 Å². The SMILES string of the molecule is C[C@H](NP(=O)(OC[C@H]1O[C@@H](n2ccc(=O)[nH]c2=O)[C@](C)(F)[C@@H]1O)Oc1cccc2c1c1ccccc1n2C)C(=O)OCc1ccccc1. The number of rotatable bonds is 11. The van der Waals surface area contributed by atoms with E-state index in [0.717, 1.165) is 45.7 Å². The van der Waals surface area contributed by atoms with Crippen LogP contribution in [0.3, 0.4) is 0 Å². The molecule has 15 heteroatoms. The van der Waals surface area contributed by atoms with E-state index in [2.05, 4.69) is 5.09 Å². The van der Waals surface area contributed by atoms with Gasteiger partial charge in [-0.05, 0) is 37.6 Å². The van der Waals surface area contributed by atoms with Gasteiger partial charge >= 0.3 is 19.4 Å². The Balaban J connectivity index is 1.28. The highest BCUT2D eigenvalue weighted by atomic mass is 31.2. The first-order valence-corrected chi connectivity index (χ1v) is 16.6. The number of aromatic amines is 1. The fourth-order valence-electron chi connectivity index (χ4n) is 5.75. The minimum atomic E-state index is -4.54. The third-order valence-corrected chi connectivity index (χ3v) is 9.91. The maximum atomic E-state index is 15.9. The lowest BCUT2D eigenvalue weighted by Gasteiger charge is -2.25. The second-order valence-electron chi connectivity index (χ2n) is 11.7. The Morgan fingerprint density at radius 2 is 1.79 bits per heavy atom.